The van der Waals surface area contributed by atoms with Crippen LogP contribution in [0.25, 0.3) is 0 Å². The summed E-state index contributed by atoms with van der Waals surface area (Å²) in [5, 5.41) is 10.8. The van der Waals surface area contributed by atoms with Crippen LogP contribution in [0.5, 0.6) is 0 Å². The topological polar surface area (TPSA) is 70.0 Å². The van der Waals surface area contributed by atoms with Crippen LogP contribution < -0.4 is 4.72 Å². The number of rotatable bonds is 5. The molecule has 0 bridgehead atoms. The summed E-state index contributed by atoms with van der Waals surface area (Å²) in [6.07, 6.45) is 0. The highest BCUT2D eigenvalue weighted by molar-refractivity contribution is 7.89. The second-order valence-electron chi connectivity index (χ2n) is 5.26. The molecule has 3 aromatic rings. The predicted molar refractivity (Wildman–Crippen MR) is 94.0 cm³/mol. The lowest BCUT2D eigenvalue weighted by atomic mass is 10.1. The fraction of sp³-hybridized carbons (Fsp3) is 0.0556. The molecule has 126 valence electrons. The number of nitrogens with one attached hydrogen (secondary N) is 1. The van der Waals surface area contributed by atoms with E-state index in [-0.39, 0.29) is 10.5 Å². The van der Waals surface area contributed by atoms with E-state index in [1.807, 2.05) is 23.6 Å². The van der Waals surface area contributed by atoms with Crippen molar-refractivity contribution in [2.75, 3.05) is 0 Å². The Hall–Kier alpha value is -2.53. The lowest BCUT2D eigenvalue weighted by Crippen LogP contribution is -2.29. The van der Waals surface area contributed by atoms with Gasteiger partial charge in [-0.15, -0.1) is 11.3 Å². The van der Waals surface area contributed by atoms with Gasteiger partial charge in [0.05, 0.1) is 22.6 Å². The number of benzene rings is 2. The van der Waals surface area contributed by atoms with E-state index in [2.05, 4.69) is 4.72 Å². The molecule has 1 aromatic heterocycles. The minimum atomic E-state index is -3.86. The molecule has 0 radical (unpaired) electrons. The molecule has 0 aliphatic rings. The van der Waals surface area contributed by atoms with Crippen LogP contribution in [0.1, 0.15) is 22.0 Å². The van der Waals surface area contributed by atoms with Crippen molar-refractivity contribution in [1.82, 2.24) is 4.72 Å². The van der Waals surface area contributed by atoms with E-state index in [9.17, 15) is 12.8 Å². The second kappa shape index (κ2) is 7.15. The molecule has 0 aliphatic heterocycles. The van der Waals surface area contributed by atoms with E-state index in [0.717, 1.165) is 4.88 Å². The van der Waals surface area contributed by atoms with Gasteiger partial charge in [0.15, 0.2) is 0 Å². The molecule has 4 nitrogen and oxygen atoms in total. The highest BCUT2D eigenvalue weighted by Crippen LogP contribution is 2.28. The average molecular weight is 372 g/mol. The van der Waals surface area contributed by atoms with Gasteiger partial charge in [-0.1, -0.05) is 24.3 Å². The number of halogens is 1. The summed E-state index contributed by atoms with van der Waals surface area (Å²) in [4.78, 5) is 0.793. The fourth-order valence-corrected chi connectivity index (χ4v) is 4.48. The Labute approximate surface area is 149 Å². The molecule has 1 N–H and O–H groups in total. The predicted octanol–water partition coefficient (Wildman–Crippen LogP) is 3.83. The minimum Gasteiger partial charge on any atom is -0.207 e. The maximum atomic E-state index is 13.2. The summed E-state index contributed by atoms with van der Waals surface area (Å²) >= 11 is 1.40. The van der Waals surface area contributed by atoms with Crippen molar-refractivity contribution in [3.8, 4) is 6.07 Å². The largest absolute Gasteiger partial charge is 0.241 e. The molecule has 0 unspecified atom stereocenters. The van der Waals surface area contributed by atoms with Crippen LogP contribution in [0.15, 0.2) is 70.9 Å². The third-order valence-corrected chi connectivity index (χ3v) is 5.94. The second-order valence-corrected chi connectivity index (χ2v) is 7.95. The number of nitrogens with zero attached hydrogens (tertiary/aromatic N) is 1. The van der Waals surface area contributed by atoms with Gasteiger partial charge in [-0.2, -0.15) is 9.98 Å². The van der Waals surface area contributed by atoms with Gasteiger partial charge in [0.2, 0.25) is 10.0 Å². The molecular weight excluding hydrogens is 359 g/mol. The van der Waals surface area contributed by atoms with Crippen LogP contribution in [-0.4, -0.2) is 8.42 Å². The summed E-state index contributed by atoms with van der Waals surface area (Å²) in [6.45, 7) is 0. The summed E-state index contributed by atoms with van der Waals surface area (Å²) in [5.74, 6) is -0.391. The van der Waals surface area contributed by atoms with Crippen molar-refractivity contribution in [3.05, 3.63) is 87.9 Å². The molecule has 25 heavy (non-hydrogen) atoms. The van der Waals surface area contributed by atoms with Gasteiger partial charge in [0, 0.05) is 4.88 Å². The Kier molecular flexibility index (Phi) is 4.95. The molecule has 0 amide bonds. The molecule has 0 saturated carbocycles. The molecule has 2 aromatic carbocycles. The van der Waals surface area contributed by atoms with E-state index in [4.69, 9.17) is 5.26 Å². The van der Waals surface area contributed by atoms with Crippen LogP contribution in [0, 0.1) is 17.1 Å². The Balaban J connectivity index is 2.00. The first kappa shape index (κ1) is 17.3. The lowest BCUT2D eigenvalue weighted by Gasteiger charge is -2.18. The molecule has 0 fully saturated rings. The highest BCUT2D eigenvalue weighted by Gasteiger charge is 2.24. The van der Waals surface area contributed by atoms with Crippen molar-refractivity contribution in [3.63, 3.8) is 0 Å². The lowest BCUT2D eigenvalue weighted by molar-refractivity contribution is 0.573. The Morgan fingerprint density at radius 3 is 2.48 bits per heavy atom. The average Bonchev–Trinajstić information content (AvgIpc) is 3.15. The van der Waals surface area contributed by atoms with Gasteiger partial charge in [0.1, 0.15) is 5.82 Å². The van der Waals surface area contributed by atoms with Crippen LogP contribution >= 0.6 is 11.3 Å². The van der Waals surface area contributed by atoms with Crippen LogP contribution in [-0.2, 0) is 10.0 Å². The Bertz CT molecular complexity index is 1010. The van der Waals surface area contributed by atoms with E-state index in [0.29, 0.717) is 5.56 Å². The summed E-state index contributed by atoms with van der Waals surface area (Å²) in [7, 11) is -3.86. The van der Waals surface area contributed by atoms with Crippen LogP contribution in [0.4, 0.5) is 4.39 Å². The third kappa shape index (κ3) is 3.94. The summed E-state index contributed by atoms with van der Waals surface area (Å²) in [5.41, 5.74) is 0.890. The zero-order valence-corrected chi connectivity index (χ0v) is 14.5. The first-order chi connectivity index (χ1) is 12.0. The van der Waals surface area contributed by atoms with Gasteiger partial charge in [0.25, 0.3) is 0 Å². The quantitative estimate of drug-likeness (QED) is 0.740. The standard InChI is InChI=1S/C18H13FN2O2S2/c19-15-8-6-14(7-9-15)18(17-5-2-10-24-17)21-25(22,23)16-4-1-3-13(11-16)12-20/h1-11,18,21H/t18-/m1/s1. The summed E-state index contributed by atoms with van der Waals surface area (Å²) < 4.78 is 41.4. The highest BCUT2D eigenvalue weighted by atomic mass is 32.2. The molecule has 0 saturated heterocycles. The SMILES string of the molecule is N#Cc1cccc(S(=O)(=O)N[C@H](c2ccc(F)cc2)c2cccs2)c1. The van der Waals surface area contributed by atoms with Crippen molar-refractivity contribution >= 4 is 21.4 Å². The first-order valence-electron chi connectivity index (χ1n) is 7.31. The van der Waals surface area contributed by atoms with Gasteiger partial charge in [-0.3, -0.25) is 0 Å². The van der Waals surface area contributed by atoms with Gasteiger partial charge < -0.3 is 0 Å². The van der Waals surface area contributed by atoms with Crippen molar-refractivity contribution in [1.29, 1.82) is 5.26 Å². The molecule has 1 heterocycles. The van der Waals surface area contributed by atoms with Gasteiger partial charge in [-0.25, -0.2) is 12.8 Å². The molecule has 0 spiro atoms. The molecule has 1 atom stereocenters. The normalized spacial score (nSPS) is 12.5. The van der Waals surface area contributed by atoms with Crippen LogP contribution in [0.3, 0.4) is 0 Å². The van der Waals surface area contributed by atoms with Gasteiger partial charge >= 0.3 is 0 Å². The number of nitriles is 1. The van der Waals surface area contributed by atoms with Crippen LogP contribution in [0.2, 0.25) is 0 Å². The zero-order valence-electron chi connectivity index (χ0n) is 12.9. The number of hydrogen-bond acceptors (Lipinski definition) is 4. The van der Waals surface area contributed by atoms with Crippen molar-refractivity contribution in [2.24, 2.45) is 0 Å². The van der Waals surface area contributed by atoms with E-state index in [1.54, 1.807) is 12.1 Å². The smallest absolute Gasteiger partial charge is 0.207 e. The minimum absolute atomic E-state index is 0.00946. The monoisotopic (exact) mass is 372 g/mol. The van der Waals surface area contributed by atoms with E-state index < -0.39 is 21.9 Å². The van der Waals surface area contributed by atoms with E-state index in [1.165, 1.54) is 47.7 Å². The van der Waals surface area contributed by atoms with E-state index >= 15 is 0 Å². The molecular formula is C18H13FN2O2S2. The van der Waals surface area contributed by atoms with Crippen molar-refractivity contribution < 1.29 is 12.8 Å². The maximum absolute atomic E-state index is 13.2. The molecule has 0 aliphatic carbocycles. The Morgan fingerprint density at radius 1 is 1.08 bits per heavy atom. The summed E-state index contributed by atoms with van der Waals surface area (Å²) in [6, 6.07) is 16.4. The number of sulfonamides is 1. The fourth-order valence-electron chi connectivity index (χ4n) is 2.36. The zero-order chi connectivity index (χ0) is 17.9. The number of hydrogen-bond donors (Lipinski definition) is 1. The Morgan fingerprint density at radius 2 is 1.84 bits per heavy atom. The molecule has 3 rings (SSSR count). The number of thiophene rings is 1. The van der Waals surface area contributed by atoms with Gasteiger partial charge in [-0.05, 0) is 47.3 Å². The van der Waals surface area contributed by atoms with Crippen molar-refractivity contribution in [2.45, 2.75) is 10.9 Å². The third-order valence-electron chi connectivity index (χ3n) is 3.58. The maximum Gasteiger partial charge on any atom is 0.241 e. The first-order valence-corrected chi connectivity index (χ1v) is 9.67. The molecule has 7 heteroatoms.